The second-order valence-corrected chi connectivity index (χ2v) is 16.1. The first-order chi connectivity index (χ1) is 23.8. The molecule has 1 atom stereocenters. The lowest BCUT2D eigenvalue weighted by atomic mass is 10.0. The summed E-state index contributed by atoms with van der Waals surface area (Å²) in [6.07, 6.45) is 60.4. The van der Waals surface area contributed by atoms with Gasteiger partial charge < -0.3 is 9.80 Å². The monoisotopic (exact) mass is 673 g/mol. The molecule has 0 N–H and O–H groups in total. The van der Waals surface area contributed by atoms with E-state index in [1.165, 1.54) is 257 Å². The van der Waals surface area contributed by atoms with Crippen molar-refractivity contribution in [1.82, 2.24) is 9.80 Å². The normalized spacial score (nSPS) is 14.6. The minimum atomic E-state index is 0.637. The first kappa shape index (κ1) is 45.4. The van der Waals surface area contributed by atoms with Gasteiger partial charge >= 0.3 is 0 Å². The van der Waals surface area contributed by atoms with Crippen LogP contribution >= 0.6 is 0 Å². The third-order valence-electron chi connectivity index (χ3n) is 11.3. The zero-order valence-corrected chi connectivity index (χ0v) is 33.9. The standard InChI is InChI=1S/C46H92N2/c1-4-7-10-13-16-19-21-23-25-27-29-32-35-38-41-46-47(42-39-36-33-30-18-15-12-9-6-3)44-45-48(46)43-40-37-34-31-28-26-24-22-20-17-14-11-8-5-2/h44-46H,4-43H2,1-3H3. The minimum Gasteiger partial charge on any atom is -0.356 e. The van der Waals surface area contributed by atoms with Crippen LogP contribution in [0.3, 0.4) is 0 Å². The quantitative estimate of drug-likeness (QED) is 0.0598. The molecule has 0 aromatic rings. The summed E-state index contributed by atoms with van der Waals surface area (Å²) < 4.78 is 0. The third-order valence-corrected chi connectivity index (χ3v) is 11.3. The number of hydrogen-bond acceptors (Lipinski definition) is 2. The highest BCUT2D eigenvalue weighted by molar-refractivity contribution is 4.97. The van der Waals surface area contributed by atoms with Crippen molar-refractivity contribution in [2.75, 3.05) is 13.1 Å². The van der Waals surface area contributed by atoms with Crippen LogP contribution in [-0.4, -0.2) is 29.1 Å². The molecule has 0 saturated heterocycles. The van der Waals surface area contributed by atoms with E-state index < -0.39 is 0 Å². The van der Waals surface area contributed by atoms with Crippen LogP contribution in [0.4, 0.5) is 0 Å². The van der Waals surface area contributed by atoms with Crippen LogP contribution in [0, 0.1) is 0 Å². The van der Waals surface area contributed by atoms with E-state index in [1.807, 2.05) is 0 Å². The molecular formula is C46H92N2. The lowest BCUT2D eigenvalue weighted by Gasteiger charge is -2.33. The SMILES string of the molecule is CCCCCCCCCCCCCCCCC1N(CCCCCCCCCCC)C=CN1CCCCCCCCCCCCCCCC. The highest BCUT2D eigenvalue weighted by atomic mass is 15.4. The molecule has 0 radical (unpaired) electrons. The minimum absolute atomic E-state index is 0.637. The molecule has 1 rings (SSSR count). The summed E-state index contributed by atoms with van der Waals surface area (Å²) in [7, 11) is 0. The Morgan fingerprint density at radius 2 is 0.479 bits per heavy atom. The van der Waals surface area contributed by atoms with E-state index >= 15 is 0 Å². The average Bonchev–Trinajstić information content (AvgIpc) is 3.48. The number of unbranched alkanes of at least 4 members (excludes halogenated alkanes) is 34. The predicted octanol–water partition coefficient (Wildman–Crippen LogP) is 16.3. The molecule has 1 heterocycles. The van der Waals surface area contributed by atoms with Crippen LogP contribution in [-0.2, 0) is 0 Å². The molecule has 0 fully saturated rings. The van der Waals surface area contributed by atoms with Gasteiger partial charge in [-0.2, -0.15) is 0 Å². The number of rotatable bonds is 40. The van der Waals surface area contributed by atoms with Crippen LogP contribution in [0.25, 0.3) is 0 Å². The summed E-state index contributed by atoms with van der Waals surface area (Å²) in [6, 6.07) is 0. The van der Waals surface area contributed by atoms with Crippen molar-refractivity contribution in [2.24, 2.45) is 0 Å². The molecule has 1 aliphatic rings. The molecule has 0 spiro atoms. The Hall–Kier alpha value is -0.660. The third kappa shape index (κ3) is 29.1. The Balaban J connectivity index is 2.19. The number of nitrogens with zero attached hydrogens (tertiary/aromatic N) is 2. The van der Waals surface area contributed by atoms with E-state index in [2.05, 4.69) is 43.0 Å². The van der Waals surface area contributed by atoms with Gasteiger partial charge in [0.15, 0.2) is 0 Å². The molecule has 0 saturated carbocycles. The molecule has 1 aliphatic heterocycles. The first-order valence-electron chi connectivity index (χ1n) is 23.0. The van der Waals surface area contributed by atoms with Crippen molar-refractivity contribution in [3.8, 4) is 0 Å². The summed E-state index contributed by atoms with van der Waals surface area (Å²) in [6.45, 7) is 9.49. The van der Waals surface area contributed by atoms with E-state index in [0.29, 0.717) is 6.17 Å². The maximum atomic E-state index is 2.73. The van der Waals surface area contributed by atoms with Crippen LogP contribution in [0.1, 0.15) is 265 Å². The predicted molar refractivity (Wildman–Crippen MR) is 219 cm³/mol. The maximum absolute atomic E-state index is 2.73. The molecule has 0 aliphatic carbocycles. The van der Waals surface area contributed by atoms with Gasteiger partial charge in [0, 0.05) is 25.5 Å². The molecule has 0 aromatic carbocycles. The summed E-state index contributed by atoms with van der Waals surface area (Å²) in [5, 5.41) is 0. The van der Waals surface area contributed by atoms with Crippen LogP contribution in [0.2, 0.25) is 0 Å². The van der Waals surface area contributed by atoms with E-state index in [9.17, 15) is 0 Å². The van der Waals surface area contributed by atoms with Gasteiger partial charge in [-0.3, -0.25) is 0 Å². The molecular weight excluding hydrogens is 581 g/mol. The number of hydrogen-bond donors (Lipinski definition) is 0. The Bertz CT molecular complexity index is 630. The smallest absolute Gasteiger partial charge is 0.101 e. The molecule has 0 bridgehead atoms. The summed E-state index contributed by atoms with van der Waals surface area (Å²) >= 11 is 0. The lowest BCUT2D eigenvalue weighted by Crippen LogP contribution is -2.39. The van der Waals surface area contributed by atoms with Crippen molar-refractivity contribution in [3.63, 3.8) is 0 Å². The molecule has 286 valence electrons. The van der Waals surface area contributed by atoms with Crippen molar-refractivity contribution in [2.45, 2.75) is 271 Å². The Morgan fingerprint density at radius 1 is 0.271 bits per heavy atom. The second kappa shape index (κ2) is 37.6. The highest BCUT2D eigenvalue weighted by Crippen LogP contribution is 2.24. The van der Waals surface area contributed by atoms with E-state index in [0.717, 1.165) is 0 Å². The van der Waals surface area contributed by atoms with Gasteiger partial charge in [-0.05, 0) is 25.7 Å². The summed E-state index contributed by atoms with van der Waals surface area (Å²) in [5.41, 5.74) is 0. The molecule has 2 nitrogen and oxygen atoms in total. The van der Waals surface area contributed by atoms with E-state index in [-0.39, 0.29) is 0 Å². The van der Waals surface area contributed by atoms with E-state index in [4.69, 9.17) is 0 Å². The van der Waals surface area contributed by atoms with Gasteiger partial charge in [0.2, 0.25) is 0 Å². The Kier molecular flexibility index (Phi) is 35.5. The zero-order chi connectivity index (χ0) is 34.4. The van der Waals surface area contributed by atoms with E-state index in [1.54, 1.807) is 0 Å². The first-order valence-corrected chi connectivity index (χ1v) is 23.0. The Labute approximate surface area is 305 Å². The molecule has 0 aromatic heterocycles. The van der Waals surface area contributed by atoms with Crippen LogP contribution < -0.4 is 0 Å². The largest absolute Gasteiger partial charge is 0.356 e. The fourth-order valence-electron chi connectivity index (χ4n) is 7.95. The Morgan fingerprint density at radius 3 is 0.729 bits per heavy atom. The zero-order valence-electron chi connectivity index (χ0n) is 33.9. The van der Waals surface area contributed by atoms with Crippen molar-refractivity contribution < 1.29 is 0 Å². The van der Waals surface area contributed by atoms with Gasteiger partial charge in [-0.25, -0.2) is 0 Å². The van der Waals surface area contributed by atoms with Crippen molar-refractivity contribution in [1.29, 1.82) is 0 Å². The second-order valence-electron chi connectivity index (χ2n) is 16.1. The average molecular weight is 673 g/mol. The van der Waals surface area contributed by atoms with Crippen molar-refractivity contribution >= 4 is 0 Å². The van der Waals surface area contributed by atoms with Crippen LogP contribution in [0.5, 0.6) is 0 Å². The van der Waals surface area contributed by atoms with Gasteiger partial charge in [0.05, 0.1) is 0 Å². The fraction of sp³-hybridized carbons (Fsp3) is 0.957. The topological polar surface area (TPSA) is 6.48 Å². The maximum Gasteiger partial charge on any atom is 0.101 e. The van der Waals surface area contributed by atoms with Gasteiger partial charge in [-0.1, -0.05) is 239 Å². The summed E-state index contributed by atoms with van der Waals surface area (Å²) in [5.74, 6) is 0. The van der Waals surface area contributed by atoms with Gasteiger partial charge in [-0.15, -0.1) is 0 Å². The van der Waals surface area contributed by atoms with Crippen molar-refractivity contribution in [3.05, 3.63) is 12.4 Å². The molecule has 48 heavy (non-hydrogen) atoms. The highest BCUT2D eigenvalue weighted by Gasteiger charge is 2.24. The van der Waals surface area contributed by atoms with Gasteiger partial charge in [0.25, 0.3) is 0 Å². The lowest BCUT2D eigenvalue weighted by molar-refractivity contribution is 0.135. The molecule has 0 amide bonds. The molecule has 1 unspecified atom stereocenters. The molecule has 2 heteroatoms. The fourth-order valence-corrected chi connectivity index (χ4v) is 7.95. The summed E-state index contributed by atoms with van der Waals surface area (Å²) in [4.78, 5) is 5.46. The van der Waals surface area contributed by atoms with Gasteiger partial charge in [0.1, 0.15) is 6.17 Å². The van der Waals surface area contributed by atoms with Crippen LogP contribution in [0.15, 0.2) is 12.4 Å².